The monoisotopic (exact) mass is 305 g/mol. The van der Waals surface area contributed by atoms with Gasteiger partial charge in [-0.15, -0.1) is 0 Å². The number of carbonyl (C=O) groups is 1. The fourth-order valence-electron chi connectivity index (χ4n) is 1.81. The van der Waals surface area contributed by atoms with E-state index >= 15 is 0 Å². The Morgan fingerprint density at radius 2 is 2.21 bits per heavy atom. The number of nitro groups is 1. The Morgan fingerprint density at radius 3 is 2.74 bits per heavy atom. The zero-order chi connectivity index (χ0) is 14.2. The van der Waals surface area contributed by atoms with Crippen LogP contribution in [0.2, 0.25) is 0 Å². The van der Waals surface area contributed by atoms with E-state index in [0.717, 1.165) is 4.90 Å². The molecule has 1 aliphatic rings. The van der Waals surface area contributed by atoms with Crippen molar-refractivity contribution >= 4 is 37.1 Å². The lowest BCUT2D eigenvalue weighted by atomic mass is 10.3. The molecule has 0 aliphatic carbocycles. The number of halogens is 1. The quantitative estimate of drug-likeness (QED) is 0.461. The first kappa shape index (κ1) is 13.7. The molecule has 0 aromatic carbocycles. The minimum atomic E-state index is -3.90. The summed E-state index contributed by atoms with van der Waals surface area (Å²) in [5.74, 6) is -0.726. The molecule has 19 heavy (non-hydrogen) atoms. The van der Waals surface area contributed by atoms with Gasteiger partial charge in [-0.05, 0) is 6.07 Å². The van der Waals surface area contributed by atoms with Crippen molar-refractivity contribution in [2.45, 2.75) is 11.7 Å². The summed E-state index contributed by atoms with van der Waals surface area (Å²) in [4.78, 5) is 26.7. The Balaban J connectivity index is 2.39. The lowest BCUT2D eigenvalue weighted by Gasteiger charge is -2.14. The second-order valence-corrected chi connectivity index (χ2v) is 6.82. The standard InChI is InChI=1S/C9H8ClN3O5S/c10-19(17,18)6-4-8(14)12(5-6)9-7(13(15)16)2-1-3-11-9/h1-3,6H,4-5H2. The van der Waals surface area contributed by atoms with Crippen LogP contribution in [0.5, 0.6) is 0 Å². The number of nitrogens with zero attached hydrogens (tertiary/aromatic N) is 3. The highest BCUT2D eigenvalue weighted by molar-refractivity contribution is 8.14. The third kappa shape index (κ3) is 2.66. The molecule has 1 unspecified atom stereocenters. The number of amides is 1. The second-order valence-electron chi connectivity index (χ2n) is 3.91. The molecule has 1 fully saturated rings. The highest BCUT2D eigenvalue weighted by Crippen LogP contribution is 2.31. The van der Waals surface area contributed by atoms with E-state index < -0.39 is 25.1 Å². The zero-order valence-corrected chi connectivity index (χ0v) is 11.0. The molecule has 10 heteroatoms. The van der Waals surface area contributed by atoms with Gasteiger partial charge in [0, 0.05) is 35.9 Å². The van der Waals surface area contributed by atoms with Gasteiger partial charge in [-0.3, -0.25) is 19.8 Å². The second kappa shape index (κ2) is 4.74. The van der Waals surface area contributed by atoms with Gasteiger partial charge in [0.05, 0.1) is 4.92 Å². The maximum atomic E-state index is 11.7. The van der Waals surface area contributed by atoms with Crippen molar-refractivity contribution in [2.24, 2.45) is 0 Å². The predicted molar refractivity (Wildman–Crippen MR) is 66.4 cm³/mol. The number of rotatable bonds is 3. The van der Waals surface area contributed by atoms with Crippen molar-refractivity contribution < 1.29 is 18.1 Å². The first-order chi connectivity index (χ1) is 8.80. The number of hydrogen-bond acceptors (Lipinski definition) is 6. The molecule has 1 amide bonds. The van der Waals surface area contributed by atoms with Crippen LogP contribution in [0, 0.1) is 10.1 Å². The van der Waals surface area contributed by atoms with Crippen LogP contribution in [0.25, 0.3) is 0 Å². The minimum Gasteiger partial charge on any atom is -0.290 e. The van der Waals surface area contributed by atoms with Crippen LogP contribution < -0.4 is 4.90 Å². The Labute approximate surface area is 112 Å². The summed E-state index contributed by atoms with van der Waals surface area (Å²) in [6.45, 7) is -0.234. The molecule has 1 aromatic rings. The smallest absolute Gasteiger partial charge is 0.290 e. The summed E-state index contributed by atoms with van der Waals surface area (Å²) in [5.41, 5.74) is -0.358. The van der Waals surface area contributed by atoms with Crippen molar-refractivity contribution in [3.05, 3.63) is 28.4 Å². The van der Waals surface area contributed by atoms with Crippen molar-refractivity contribution in [2.75, 3.05) is 11.4 Å². The average Bonchev–Trinajstić information content (AvgIpc) is 2.71. The van der Waals surface area contributed by atoms with E-state index in [-0.39, 0.29) is 24.5 Å². The predicted octanol–water partition coefficient (Wildman–Crippen LogP) is 0.664. The van der Waals surface area contributed by atoms with E-state index in [1.54, 1.807) is 0 Å². The normalized spacial score (nSPS) is 19.7. The van der Waals surface area contributed by atoms with Gasteiger partial charge < -0.3 is 0 Å². The van der Waals surface area contributed by atoms with Crippen LogP contribution in [0.15, 0.2) is 18.3 Å². The molecule has 2 heterocycles. The van der Waals surface area contributed by atoms with Crippen molar-refractivity contribution in [1.82, 2.24) is 4.98 Å². The molecule has 1 atom stereocenters. The van der Waals surface area contributed by atoms with Gasteiger partial charge in [0.2, 0.25) is 20.8 Å². The topological polar surface area (TPSA) is 110 Å². The highest BCUT2D eigenvalue weighted by Gasteiger charge is 2.40. The molecule has 1 saturated heterocycles. The summed E-state index contributed by atoms with van der Waals surface area (Å²) < 4.78 is 22.4. The van der Waals surface area contributed by atoms with Gasteiger partial charge in [0.25, 0.3) is 0 Å². The Hall–Kier alpha value is -1.74. The van der Waals surface area contributed by atoms with E-state index in [2.05, 4.69) is 4.98 Å². The maximum Gasteiger partial charge on any atom is 0.312 e. The van der Waals surface area contributed by atoms with Gasteiger partial charge >= 0.3 is 5.69 Å². The Bertz CT molecular complexity index is 647. The van der Waals surface area contributed by atoms with Gasteiger partial charge in [-0.25, -0.2) is 13.4 Å². The molecule has 102 valence electrons. The third-order valence-corrected chi connectivity index (χ3v) is 4.57. The van der Waals surface area contributed by atoms with E-state index in [1.165, 1.54) is 18.3 Å². The van der Waals surface area contributed by atoms with Gasteiger partial charge in [0.1, 0.15) is 5.25 Å². The molecule has 0 spiro atoms. The number of aromatic nitrogens is 1. The molecular weight excluding hydrogens is 298 g/mol. The van der Waals surface area contributed by atoms with Crippen LogP contribution in [-0.2, 0) is 13.8 Å². The zero-order valence-electron chi connectivity index (χ0n) is 9.39. The average molecular weight is 306 g/mol. The molecule has 8 nitrogen and oxygen atoms in total. The summed E-state index contributed by atoms with van der Waals surface area (Å²) in [6.07, 6.45) is 0.984. The molecule has 1 aliphatic heterocycles. The lowest BCUT2D eigenvalue weighted by Crippen LogP contribution is -2.28. The molecule has 0 radical (unpaired) electrons. The summed E-state index contributed by atoms with van der Waals surface area (Å²) in [7, 11) is 1.30. The maximum absolute atomic E-state index is 11.7. The SMILES string of the molecule is O=C1CC(S(=O)(=O)Cl)CN1c1ncccc1[N+](=O)[O-]. The third-order valence-electron chi connectivity index (χ3n) is 2.71. The fraction of sp³-hybridized carbons (Fsp3) is 0.333. The van der Waals surface area contributed by atoms with E-state index in [1.807, 2.05) is 0 Å². The summed E-state index contributed by atoms with van der Waals surface area (Å²) >= 11 is 0. The number of hydrogen-bond donors (Lipinski definition) is 0. The van der Waals surface area contributed by atoms with Gasteiger partial charge in [-0.2, -0.15) is 0 Å². The number of carbonyl (C=O) groups excluding carboxylic acids is 1. The molecule has 1 aromatic heterocycles. The van der Waals surface area contributed by atoms with E-state index in [9.17, 15) is 23.3 Å². The van der Waals surface area contributed by atoms with Gasteiger partial charge in [0.15, 0.2) is 0 Å². The van der Waals surface area contributed by atoms with Crippen molar-refractivity contribution in [1.29, 1.82) is 0 Å². The first-order valence-corrected chi connectivity index (χ1v) is 7.51. The first-order valence-electron chi connectivity index (χ1n) is 5.14. The highest BCUT2D eigenvalue weighted by atomic mass is 35.7. The molecule has 0 saturated carbocycles. The van der Waals surface area contributed by atoms with Crippen LogP contribution in [0.1, 0.15) is 6.42 Å². The number of pyridine rings is 1. The summed E-state index contributed by atoms with van der Waals surface area (Å²) in [6, 6.07) is 2.55. The molecule has 0 bridgehead atoms. The summed E-state index contributed by atoms with van der Waals surface area (Å²) in [5, 5.41) is 9.77. The largest absolute Gasteiger partial charge is 0.312 e. The van der Waals surface area contributed by atoms with Crippen LogP contribution in [0.3, 0.4) is 0 Å². The minimum absolute atomic E-state index is 0.166. The fourth-order valence-corrected chi connectivity index (χ4v) is 2.83. The Kier molecular flexibility index (Phi) is 3.42. The molecular formula is C9H8ClN3O5S. The van der Waals surface area contributed by atoms with Crippen molar-refractivity contribution in [3.8, 4) is 0 Å². The lowest BCUT2D eigenvalue weighted by molar-refractivity contribution is -0.384. The molecule has 2 rings (SSSR count). The Morgan fingerprint density at radius 1 is 1.53 bits per heavy atom. The van der Waals surface area contributed by atoms with E-state index in [0.29, 0.717) is 0 Å². The van der Waals surface area contributed by atoms with Crippen LogP contribution in [0.4, 0.5) is 11.5 Å². The van der Waals surface area contributed by atoms with Crippen LogP contribution in [-0.4, -0.2) is 36.0 Å². The molecule has 0 N–H and O–H groups in total. The van der Waals surface area contributed by atoms with Crippen LogP contribution >= 0.6 is 10.7 Å². The van der Waals surface area contributed by atoms with E-state index in [4.69, 9.17) is 10.7 Å². The number of anilines is 1. The van der Waals surface area contributed by atoms with Crippen molar-refractivity contribution in [3.63, 3.8) is 0 Å². The van der Waals surface area contributed by atoms with Gasteiger partial charge in [-0.1, -0.05) is 0 Å².